The van der Waals surface area contributed by atoms with Crippen LogP contribution in [0.4, 0.5) is 4.79 Å². The second-order valence-corrected chi connectivity index (χ2v) is 6.49. The van der Waals surface area contributed by atoms with Crippen LogP contribution in [0.5, 0.6) is 0 Å². The summed E-state index contributed by atoms with van der Waals surface area (Å²) >= 11 is 0. The van der Waals surface area contributed by atoms with Gasteiger partial charge in [-0.2, -0.15) is 5.10 Å². The SMILES string of the molecule is C=CCN(O)C(=O)c1c2c(nn1C(C)(C)C)CCN(C(=O)O)C2. The van der Waals surface area contributed by atoms with Gasteiger partial charge in [0.25, 0.3) is 5.91 Å². The van der Waals surface area contributed by atoms with Gasteiger partial charge in [-0.1, -0.05) is 6.08 Å². The zero-order valence-corrected chi connectivity index (χ0v) is 13.6. The third-order valence-corrected chi connectivity index (χ3v) is 3.68. The molecule has 0 bridgehead atoms. The van der Waals surface area contributed by atoms with Gasteiger partial charge in [0.1, 0.15) is 5.69 Å². The van der Waals surface area contributed by atoms with E-state index in [1.807, 2.05) is 20.8 Å². The first-order chi connectivity index (χ1) is 10.7. The molecule has 0 atom stereocenters. The van der Waals surface area contributed by atoms with E-state index in [2.05, 4.69) is 11.7 Å². The molecular weight excluding hydrogens is 300 g/mol. The highest BCUT2D eigenvalue weighted by atomic mass is 16.5. The molecule has 1 aromatic rings. The Labute approximate surface area is 134 Å². The fourth-order valence-electron chi connectivity index (χ4n) is 2.57. The average Bonchev–Trinajstić information content (AvgIpc) is 2.85. The lowest BCUT2D eigenvalue weighted by Crippen LogP contribution is -2.37. The van der Waals surface area contributed by atoms with Crippen molar-refractivity contribution in [3.8, 4) is 0 Å². The Morgan fingerprint density at radius 3 is 2.61 bits per heavy atom. The maximum absolute atomic E-state index is 12.6. The summed E-state index contributed by atoms with van der Waals surface area (Å²) in [5.41, 5.74) is 1.00. The predicted molar refractivity (Wildman–Crippen MR) is 82.4 cm³/mol. The van der Waals surface area contributed by atoms with E-state index < -0.39 is 17.5 Å². The number of aromatic nitrogens is 2. The minimum atomic E-state index is -1.04. The highest BCUT2D eigenvalue weighted by molar-refractivity contribution is 5.94. The van der Waals surface area contributed by atoms with Crippen LogP contribution in [0.2, 0.25) is 0 Å². The van der Waals surface area contributed by atoms with Gasteiger partial charge in [0, 0.05) is 18.5 Å². The van der Waals surface area contributed by atoms with Crippen molar-refractivity contribution in [1.82, 2.24) is 19.7 Å². The van der Waals surface area contributed by atoms with Gasteiger partial charge in [0.2, 0.25) is 0 Å². The van der Waals surface area contributed by atoms with Crippen LogP contribution in [-0.2, 0) is 18.5 Å². The van der Waals surface area contributed by atoms with E-state index in [0.29, 0.717) is 29.3 Å². The molecule has 2 rings (SSSR count). The molecule has 0 saturated heterocycles. The van der Waals surface area contributed by atoms with Gasteiger partial charge >= 0.3 is 6.09 Å². The van der Waals surface area contributed by atoms with E-state index in [9.17, 15) is 19.9 Å². The Morgan fingerprint density at radius 1 is 1.43 bits per heavy atom. The summed E-state index contributed by atoms with van der Waals surface area (Å²) in [6.45, 7) is 9.59. The number of carboxylic acid groups (broad SMARTS) is 1. The van der Waals surface area contributed by atoms with Crippen molar-refractivity contribution in [3.63, 3.8) is 0 Å². The van der Waals surface area contributed by atoms with Crippen molar-refractivity contribution < 1.29 is 19.9 Å². The van der Waals surface area contributed by atoms with Gasteiger partial charge in [-0.05, 0) is 20.8 Å². The summed E-state index contributed by atoms with van der Waals surface area (Å²) in [6, 6.07) is 0. The molecule has 1 aliphatic heterocycles. The number of hydrogen-bond acceptors (Lipinski definition) is 4. The number of carbonyl (C=O) groups is 2. The Morgan fingerprint density at radius 2 is 2.09 bits per heavy atom. The summed E-state index contributed by atoms with van der Waals surface area (Å²) in [5, 5.41) is 24.1. The average molecular weight is 322 g/mol. The second-order valence-electron chi connectivity index (χ2n) is 6.49. The summed E-state index contributed by atoms with van der Waals surface area (Å²) in [4.78, 5) is 25.1. The monoisotopic (exact) mass is 322 g/mol. The van der Waals surface area contributed by atoms with E-state index in [4.69, 9.17) is 0 Å². The first-order valence-electron chi connectivity index (χ1n) is 7.37. The molecule has 0 spiro atoms. The predicted octanol–water partition coefficient (Wildman–Crippen LogP) is 1.69. The molecule has 2 amide bonds. The fraction of sp³-hybridized carbons (Fsp3) is 0.533. The minimum Gasteiger partial charge on any atom is -0.465 e. The van der Waals surface area contributed by atoms with Crippen LogP contribution in [0, 0.1) is 0 Å². The van der Waals surface area contributed by atoms with Crippen LogP contribution in [0.25, 0.3) is 0 Å². The Kier molecular flexibility index (Phi) is 4.46. The Balaban J connectivity index is 2.54. The number of carbonyl (C=O) groups excluding carboxylic acids is 1. The van der Waals surface area contributed by atoms with Crippen LogP contribution < -0.4 is 0 Å². The van der Waals surface area contributed by atoms with Gasteiger partial charge in [0.15, 0.2) is 0 Å². The molecule has 0 unspecified atom stereocenters. The van der Waals surface area contributed by atoms with E-state index >= 15 is 0 Å². The molecule has 0 fully saturated rings. The van der Waals surface area contributed by atoms with Crippen LogP contribution in [0.1, 0.15) is 42.5 Å². The molecular formula is C15H22N4O4. The zero-order valence-electron chi connectivity index (χ0n) is 13.6. The van der Waals surface area contributed by atoms with Crippen LogP contribution in [0.15, 0.2) is 12.7 Å². The third kappa shape index (κ3) is 3.21. The first kappa shape index (κ1) is 17.0. The molecule has 2 N–H and O–H groups in total. The molecule has 23 heavy (non-hydrogen) atoms. The van der Waals surface area contributed by atoms with Gasteiger partial charge in [-0.25, -0.2) is 9.86 Å². The Hall–Kier alpha value is -2.35. The zero-order chi connectivity index (χ0) is 17.4. The molecule has 2 heterocycles. The van der Waals surface area contributed by atoms with Gasteiger partial charge in [-0.3, -0.25) is 14.7 Å². The van der Waals surface area contributed by atoms with Crippen LogP contribution in [0.3, 0.4) is 0 Å². The lowest BCUT2D eigenvalue weighted by atomic mass is 10.0. The van der Waals surface area contributed by atoms with E-state index in [1.165, 1.54) is 11.0 Å². The highest BCUT2D eigenvalue weighted by Crippen LogP contribution is 2.28. The van der Waals surface area contributed by atoms with Crippen molar-refractivity contribution >= 4 is 12.0 Å². The molecule has 126 valence electrons. The number of fused-ring (bicyclic) bond motifs is 1. The summed E-state index contributed by atoms with van der Waals surface area (Å²) in [6.07, 6.45) is 0.813. The quantitative estimate of drug-likeness (QED) is 0.501. The van der Waals surface area contributed by atoms with Crippen LogP contribution >= 0.6 is 0 Å². The molecule has 0 aliphatic carbocycles. The number of hydrogen-bond donors (Lipinski definition) is 2. The number of amides is 2. The van der Waals surface area contributed by atoms with Crippen molar-refractivity contribution in [1.29, 1.82) is 0 Å². The standard InChI is InChI=1S/C15H22N4O4/c1-5-7-18(23)13(20)12-10-9-17(14(21)22)8-6-11(10)16-19(12)15(2,3)4/h5,23H,1,6-9H2,2-4H3,(H,21,22). The molecule has 0 radical (unpaired) electrons. The van der Waals surface area contributed by atoms with Crippen molar-refractivity contribution in [2.75, 3.05) is 13.1 Å². The lowest BCUT2D eigenvalue weighted by Gasteiger charge is -2.25. The maximum Gasteiger partial charge on any atom is 0.407 e. The largest absolute Gasteiger partial charge is 0.465 e. The van der Waals surface area contributed by atoms with E-state index in [0.717, 1.165) is 0 Å². The van der Waals surface area contributed by atoms with E-state index in [-0.39, 0.29) is 18.8 Å². The summed E-state index contributed by atoms with van der Waals surface area (Å²) in [7, 11) is 0. The van der Waals surface area contributed by atoms with E-state index in [1.54, 1.807) is 4.68 Å². The summed E-state index contributed by atoms with van der Waals surface area (Å²) < 4.78 is 1.57. The van der Waals surface area contributed by atoms with Gasteiger partial charge < -0.3 is 10.0 Å². The smallest absolute Gasteiger partial charge is 0.407 e. The van der Waals surface area contributed by atoms with Gasteiger partial charge in [-0.15, -0.1) is 6.58 Å². The van der Waals surface area contributed by atoms with Crippen molar-refractivity contribution in [2.45, 2.75) is 39.3 Å². The van der Waals surface area contributed by atoms with Crippen LogP contribution in [-0.4, -0.2) is 55.1 Å². The second kappa shape index (κ2) is 6.04. The Bertz CT molecular complexity index is 645. The molecule has 8 heteroatoms. The van der Waals surface area contributed by atoms with Gasteiger partial charge in [0.05, 0.1) is 24.3 Å². The van der Waals surface area contributed by atoms with Crippen molar-refractivity contribution in [3.05, 3.63) is 29.6 Å². The first-order valence-corrected chi connectivity index (χ1v) is 7.37. The fourth-order valence-corrected chi connectivity index (χ4v) is 2.57. The number of nitrogens with zero attached hydrogens (tertiary/aromatic N) is 4. The molecule has 1 aliphatic rings. The normalized spacial score (nSPS) is 14.3. The molecule has 8 nitrogen and oxygen atoms in total. The third-order valence-electron chi connectivity index (χ3n) is 3.68. The topological polar surface area (TPSA) is 98.9 Å². The summed E-state index contributed by atoms with van der Waals surface area (Å²) in [5.74, 6) is -0.610. The lowest BCUT2D eigenvalue weighted by molar-refractivity contribution is -0.0507. The minimum absolute atomic E-state index is 0.0222. The van der Waals surface area contributed by atoms with Crippen molar-refractivity contribution in [2.24, 2.45) is 0 Å². The maximum atomic E-state index is 12.6. The molecule has 1 aromatic heterocycles. The molecule has 0 aromatic carbocycles. The molecule has 0 saturated carbocycles. The number of rotatable bonds is 3. The number of hydroxylamine groups is 2. The highest BCUT2D eigenvalue weighted by Gasteiger charge is 2.34.